The van der Waals surface area contributed by atoms with Gasteiger partial charge in [0, 0.05) is 37.8 Å². The standard InChI is InChI=1S/C27H29ClF5N7O2/c1-25(10-34)11-41-23-17-21(19(30)20(36-23)15-6-14(35)7-16(28)18(15)27(31,32)33)37-24(38-22(17)39(25)2)42-12-26-4-3-5-40(26)9-13(29)8-26/h6-7,13H,3-5,8-12,34-35H2,1-2H3/t13-,25?,26+/m1/s1. The van der Waals surface area contributed by atoms with Crippen molar-refractivity contribution in [1.82, 2.24) is 19.9 Å². The number of rotatable bonds is 5. The van der Waals surface area contributed by atoms with E-state index in [1.54, 1.807) is 18.9 Å². The Kier molecular flexibility index (Phi) is 6.81. The Morgan fingerprint density at radius 2 is 2.00 bits per heavy atom. The third-order valence-corrected chi connectivity index (χ3v) is 8.98. The van der Waals surface area contributed by atoms with Gasteiger partial charge < -0.3 is 25.8 Å². The van der Waals surface area contributed by atoms with Gasteiger partial charge in [-0.2, -0.15) is 23.1 Å². The van der Waals surface area contributed by atoms with Crippen molar-refractivity contribution in [2.45, 2.75) is 49.6 Å². The first-order valence-electron chi connectivity index (χ1n) is 13.4. The van der Waals surface area contributed by atoms with Crippen LogP contribution in [0.5, 0.6) is 11.9 Å². The molecule has 0 spiro atoms. The second kappa shape index (κ2) is 9.91. The van der Waals surface area contributed by atoms with E-state index in [0.29, 0.717) is 6.54 Å². The number of alkyl halides is 4. The van der Waals surface area contributed by atoms with E-state index in [4.69, 9.17) is 32.5 Å². The Morgan fingerprint density at radius 3 is 2.71 bits per heavy atom. The van der Waals surface area contributed by atoms with Crippen LogP contribution in [0.1, 0.15) is 31.7 Å². The number of anilines is 2. The fourth-order valence-electron chi connectivity index (χ4n) is 6.22. The van der Waals surface area contributed by atoms with Crippen molar-refractivity contribution in [1.29, 1.82) is 0 Å². The maximum atomic E-state index is 16.4. The van der Waals surface area contributed by atoms with Gasteiger partial charge in [0.2, 0.25) is 5.88 Å². The van der Waals surface area contributed by atoms with Crippen LogP contribution in [-0.2, 0) is 6.18 Å². The molecule has 9 nitrogen and oxygen atoms in total. The van der Waals surface area contributed by atoms with Gasteiger partial charge in [-0.25, -0.2) is 13.8 Å². The largest absolute Gasteiger partial charge is 0.475 e. The van der Waals surface area contributed by atoms with Crippen LogP contribution in [0.2, 0.25) is 5.02 Å². The maximum Gasteiger partial charge on any atom is 0.418 e. The maximum absolute atomic E-state index is 16.4. The van der Waals surface area contributed by atoms with E-state index >= 15 is 4.39 Å². The SMILES string of the molecule is CN1c2nc(OC[C@@]34CCCN3C[C@H](F)C4)nc3c(F)c(-c4cc(N)cc(Cl)c4C(F)(F)F)nc(c23)OCC1(C)CN. The van der Waals surface area contributed by atoms with Gasteiger partial charge >= 0.3 is 12.2 Å². The molecule has 0 bridgehead atoms. The van der Waals surface area contributed by atoms with Crippen LogP contribution in [0, 0.1) is 5.82 Å². The molecule has 0 saturated carbocycles. The number of fused-ring (bicyclic) bond motifs is 1. The Hall–Kier alpha value is -3.23. The van der Waals surface area contributed by atoms with Crippen molar-refractivity contribution in [3.8, 4) is 23.1 Å². The molecule has 42 heavy (non-hydrogen) atoms. The predicted molar refractivity (Wildman–Crippen MR) is 147 cm³/mol. The number of ether oxygens (including phenoxy) is 2. The minimum Gasteiger partial charge on any atom is -0.475 e. The lowest BCUT2D eigenvalue weighted by Crippen LogP contribution is -2.53. The van der Waals surface area contributed by atoms with Gasteiger partial charge in [-0.1, -0.05) is 11.6 Å². The van der Waals surface area contributed by atoms with E-state index in [9.17, 15) is 17.6 Å². The Labute approximate surface area is 242 Å². The summed E-state index contributed by atoms with van der Waals surface area (Å²) < 4.78 is 85.1. The Bertz CT molecular complexity index is 1580. The molecule has 2 saturated heterocycles. The third kappa shape index (κ3) is 4.54. The summed E-state index contributed by atoms with van der Waals surface area (Å²) in [6, 6.07) is 1.66. The number of benzene rings is 1. The molecular weight excluding hydrogens is 585 g/mol. The summed E-state index contributed by atoms with van der Waals surface area (Å²) in [6.45, 7) is 2.94. The predicted octanol–water partition coefficient (Wildman–Crippen LogP) is 4.59. The molecule has 2 fully saturated rings. The third-order valence-electron chi connectivity index (χ3n) is 8.68. The number of aromatic nitrogens is 3. The van der Waals surface area contributed by atoms with Crippen LogP contribution in [0.25, 0.3) is 22.2 Å². The molecule has 5 heterocycles. The van der Waals surface area contributed by atoms with Crippen LogP contribution < -0.4 is 25.8 Å². The fraction of sp³-hybridized carbons (Fsp3) is 0.519. The zero-order valence-electron chi connectivity index (χ0n) is 22.9. The molecule has 4 N–H and O–H groups in total. The summed E-state index contributed by atoms with van der Waals surface area (Å²) in [4.78, 5) is 16.8. The molecular formula is C27H29ClF5N7O2. The smallest absolute Gasteiger partial charge is 0.418 e. The van der Waals surface area contributed by atoms with E-state index < -0.39 is 51.1 Å². The molecule has 6 rings (SSSR count). The summed E-state index contributed by atoms with van der Waals surface area (Å²) in [5.74, 6) is -1.19. The van der Waals surface area contributed by atoms with Gasteiger partial charge in [0.05, 0.1) is 21.7 Å². The quantitative estimate of drug-likeness (QED) is 0.315. The van der Waals surface area contributed by atoms with Gasteiger partial charge in [0.15, 0.2) is 5.82 Å². The van der Waals surface area contributed by atoms with Crippen LogP contribution in [0.15, 0.2) is 12.1 Å². The molecule has 2 aromatic heterocycles. The topological polar surface area (TPSA) is 116 Å². The number of nitrogens with zero attached hydrogens (tertiary/aromatic N) is 5. The number of nitrogen functional groups attached to an aromatic ring is 1. The molecule has 1 aromatic carbocycles. The van der Waals surface area contributed by atoms with Crippen LogP contribution in [0.3, 0.4) is 0 Å². The minimum atomic E-state index is -4.95. The number of halogens is 6. The van der Waals surface area contributed by atoms with E-state index in [-0.39, 0.29) is 60.5 Å². The number of nitrogens with two attached hydrogens (primary N) is 2. The molecule has 15 heteroatoms. The first-order valence-corrected chi connectivity index (χ1v) is 13.8. The highest BCUT2D eigenvalue weighted by molar-refractivity contribution is 6.32. The summed E-state index contributed by atoms with van der Waals surface area (Å²) in [5, 5.41) is -0.672. The number of likely N-dealkylation sites (N-methyl/N-ethyl adjacent to an activating group) is 1. The number of hydrogen-bond acceptors (Lipinski definition) is 9. The normalized spacial score (nSPS) is 25.9. The molecule has 3 aliphatic heterocycles. The van der Waals surface area contributed by atoms with Crippen LogP contribution in [0.4, 0.5) is 33.5 Å². The lowest BCUT2D eigenvalue weighted by atomic mass is 9.95. The molecule has 0 radical (unpaired) electrons. The summed E-state index contributed by atoms with van der Waals surface area (Å²) in [7, 11) is 1.68. The molecule has 3 aromatic rings. The van der Waals surface area contributed by atoms with Crippen LogP contribution >= 0.6 is 11.6 Å². The minimum absolute atomic E-state index is 0.0391. The second-order valence-corrected chi connectivity index (χ2v) is 11.9. The van der Waals surface area contributed by atoms with Crippen molar-refractivity contribution in [2.75, 3.05) is 50.5 Å². The van der Waals surface area contributed by atoms with Gasteiger partial charge in [0.25, 0.3) is 0 Å². The van der Waals surface area contributed by atoms with Crippen molar-refractivity contribution in [2.24, 2.45) is 5.73 Å². The molecule has 0 amide bonds. The van der Waals surface area contributed by atoms with E-state index in [1.165, 1.54) is 0 Å². The summed E-state index contributed by atoms with van der Waals surface area (Å²) >= 11 is 5.96. The molecule has 0 aliphatic carbocycles. The Morgan fingerprint density at radius 1 is 1.24 bits per heavy atom. The first-order chi connectivity index (χ1) is 19.8. The average Bonchev–Trinajstić information content (AvgIpc) is 3.41. The van der Waals surface area contributed by atoms with E-state index in [0.717, 1.165) is 31.5 Å². The number of hydrogen-bond donors (Lipinski definition) is 2. The highest BCUT2D eigenvalue weighted by Gasteiger charge is 2.49. The lowest BCUT2D eigenvalue weighted by Gasteiger charge is -2.36. The summed E-state index contributed by atoms with van der Waals surface area (Å²) in [5.41, 5.74) is 7.32. The molecule has 3 aliphatic rings. The monoisotopic (exact) mass is 613 g/mol. The average molecular weight is 614 g/mol. The lowest BCUT2D eigenvalue weighted by molar-refractivity contribution is -0.137. The number of pyridine rings is 1. The first kappa shape index (κ1) is 28.9. The van der Waals surface area contributed by atoms with Gasteiger partial charge in [-0.15, -0.1) is 0 Å². The molecule has 226 valence electrons. The van der Waals surface area contributed by atoms with Crippen molar-refractivity contribution in [3.05, 3.63) is 28.5 Å². The summed E-state index contributed by atoms with van der Waals surface area (Å²) in [6.07, 6.45) is -4.06. The van der Waals surface area contributed by atoms with Crippen molar-refractivity contribution in [3.63, 3.8) is 0 Å². The van der Waals surface area contributed by atoms with Gasteiger partial charge in [-0.05, 0) is 38.4 Å². The zero-order valence-corrected chi connectivity index (χ0v) is 23.6. The van der Waals surface area contributed by atoms with Gasteiger partial charge in [-0.3, -0.25) is 4.90 Å². The zero-order chi connectivity index (χ0) is 30.2. The van der Waals surface area contributed by atoms with E-state index in [1.807, 2.05) is 4.90 Å². The fourth-order valence-corrected chi connectivity index (χ4v) is 6.55. The van der Waals surface area contributed by atoms with Crippen molar-refractivity contribution >= 4 is 34.0 Å². The highest BCUT2D eigenvalue weighted by Crippen LogP contribution is 2.47. The Balaban J connectivity index is 1.55. The van der Waals surface area contributed by atoms with Crippen LogP contribution in [-0.4, -0.2) is 77.0 Å². The second-order valence-electron chi connectivity index (χ2n) is 11.5. The van der Waals surface area contributed by atoms with E-state index in [2.05, 4.69) is 15.0 Å². The molecule has 1 unspecified atom stereocenters. The van der Waals surface area contributed by atoms with Crippen molar-refractivity contribution < 1.29 is 31.4 Å². The highest BCUT2D eigenvalue weighted by atomic mass is 35.5. The van der Waals surface area contributed by atoms with Gasteiger partial charge in [0.1, 0.15) is 41.8 Å². The molecule has 3 atom stereocenters.